The van der Waals surface area contributed by atoms with E-state index in [4.69, 9.17) is 14.7 Å². The third-order valence-electron chi connectivity index (χ3n) is 8.29. The average molecular weight is 483 g/mol. The zero-order valence-electron chi connectivity index (χ0n) is 21.2. The number of piperidine rings is 1. The van der Waals surface area contributed by atoms with E-state index in [2.05, 4.69) is 64.8 Å². The molecule has 3 aromatic rings. The minimum Gasteiger partial charge on any atom is -0.463 e. The maximum Gasteiger partial charge on any atom is 0.317 e. The second-order valence-electron chi connectivity index (χ2n) is 10.9. The second-order valence-corrected chi connectivity index (χ2v) is 10.9. The van der Waals surface area contributed by atoms with Crippen molar-refractivity contribution in [2.75, 3.05) is 32.8 Å². The summed E-state index contributed by atoms with van der Waals surface area (Å²) in [6.07, 6.45) is 7.31. The molecule has 2 saturated heterocycles. The zero-order chi connectivity index (χ0) is 24.2. The molecule has 36 heavy (non-hydrogen) atoms. The molecule has 1 aromatic heterocycles. The lowest BCUT2D eigenvalue weighted by atomic mass is 9.72. The van der Waals surface area contributed by atoms with Crippen molar-refractivity contribution in [3.05, 3.63) is 77.5 Å². The Balaban J connectivity index is 1.06. The summed E-state index contributed by atoms with van der Waals surface area (Å²) in [5, 5.41) is 3.46. The van der Waals surface area contributed by atoms with Gasteiger partial charge in [-0.1, -0.05) is 54.6 Å². The van der Waals surface area contributed by atoms with Gasteiger partial charge in [0.1, 0.15) is 0 Å². The normalized spacial score (nSPS) is 22.9. The number of hydrogen-bond donors (Lipinski definition) is 1. The number of nitrogens with one attached hydrogen (secondary N) is 1. The number of aromatic nitrogens is 2. The summed E-state index contributed by atoms with van der Waals surface area (Å²) in [4.78, 5) is 12.2. The van der Waals surface area contributed by atoms with Crippen molar-refractivity contribution < 1.29 is 4.74 Å². The molecule has 2 aromatic carbocycles. The monoisotopic (exact) mass is 482 g/mol. The molecule has 1 aliphatic carbocycles. The van der Waals surface area contributed by atoms with Crippen molar-refractivity contribution >= 4 is 0 Å². The van der Waals surface area contributed by atoms with Crippen LogP contribution in [0.3, 0.4) is 0 Å². The minimum absolute atomic E-state index is 0.473. The number of hydrogen-bond acceptors (Lipinski definition) is 5. The van der Waals surface area contributed by atoms with Crippen LogP contribution in [0, 0.1) is 5.92 Å². The Kier molecular flexibility index (Phi) is 7.29. The van der Waals surface area contributed by atoms with Gasteiger partial charge in [-0.3, -0.25) is 4.90 Å². The smallest absolute Gasteiger partial charge is 0.317 e. The highest BCUT2D eigenvalue weighted by Crippen LogP contribution is 2.42. The third kappa shape index (κ3) is 5.63. The van der Waals surface area contributed by atoms with Gasteiger partial charge in [-0.25, -0.2) is 0 Å². The predicted molar refractivity (Wildman–Crippen MR) is 144 cm³/mol. The minimum atomic E-state index is 0.473. The lowest BCUT2D eigenvalue weighted by molar-refractivity contribution is 0.149. The van der Waals surface area contributed by atoms with Crippen molar-refractivity contribution in [2.45, 2.75) is 56.9 Å². The van der Waals surface area contributed by atoms with Gasteiger partial charge in [0, 0.05) is 18.0 Å². The maximum atomic E-state index is 6.24. The second kappa shape index (κ2) is 11.1. The molecule has 188 valence electrons. The Bertz CT molecular complexity index is 1120. The third-order valence-corrected chi connectivity index (χ3v) is 8.29. The molecule has 0 atom stereocenters. The summed E-state index contributed by atoms with van der Waals surface area (Å²) in [6, 6.07) is 22.5. The highest BCUT2D eigenvalue weighted by atomic mass is 16.5. The largest absolute Gasteiger partial charge is 0.463 e. The van der Waals surface area contributed by atoms with Gasteiger partial charge in [0.05, 0.1) is 18.0 Å². The summed E-state index contributed by atoms with van der Waals surface area (Å²) in [5.41, 5.74) is 6.14. The Morgan fingerprint density at radius 3 is 2.36 bits per heavy atom. The van der Waals surface area contributed by atoms with Crippen molar-refractivity contribution in [2.24, 2.45) is 5.92 Å². The molecule has 2 aliphatic heterocycles. The van der Waals surface area contributed by atoms with E-state index in [1.807, 2.05) is 6.07 Å². The fourth-order valence-corrected chi connectivity index (χ4v) is 6.02. The van der Waals surface area contributed by atoms with E-state index in [0.29, 0.717) is 30.4 Å². The summed E-state index contributed by atoms with van der Waals surface area (Å²) in [6.45, 7) is 6.41. The fraction of sp³-hybridized carbons (Fsp3) is 0.484. The first-order valence-corrected chi connectivity index (χ1v) is 13.9. The molecule has 1 N–H and O–H groups in total. The molecule has 0 radical (unpaired) electrons. The molecule has 3 heterocycles. The molecule has 6 rings (SSSR count). The fourth-order valence-electron chi connectivity index (χ4n) is 6.02. The van der Waals surface area contributed by atoms with Gasteiger partial charge in [-0.2, -0.15) is 9.97 Å². The van der Waals surface area contributed by atoms with E-state index in [0.717, 1.165) is 49.4 Å². The summed E-state index contributed by atoms with van der Waals surface area (Å²) >= 11 is 0. The molecular formula is C31H38N4O. The van der Waals surface area contributed by atoms with Crippen molar-refractivity contribution in [1.29, 1.82) is 0 Å². The number of rotatable bonds is 8. The topological polar surface area (TPSA) is 50.3 Å². The molecular weight excluding hydrogens is 444 g/mol. The molecule has 0 amide bonds. The molecule has 0 spiro atoms. The average Bonchev–Trinajstić information content (AvgIpc) is 3.43. The van der Waals surface area contributed by atoms with E-state index in [1.165, 1.54) is 49.9 Å². The van der Waals surface area contributed by atoms with Crippen LogP contribution in [0.5, 0.6) is 6.01 Å². The number of ether oxygens (including phenoxy) is 1. The number of nitrogens with zero attached hydrogens (tertiary/aromatic N) is 3. The Hall–Kier alpha value is -2.76. The van der Waals surface area contributed by atoms with E-state index in [9.17, 15) is 0 Å². The highest BCUT2D eigenvalue weighted by molar-refractivity contribution is 5.59. The van der Waals surface area contributed by atoms with Gasteiger partial charge in [-0.05, 0) is 93.7 Å². The van der Waals surface area contributed by atoms with Crippen LogP contribution < -0.4 is 10.1 Å². The van der Waals surface area contributed by atoms with Gasteiger partial charge in [-0.15, -0.1) is 0 Å². The number of likely N-dealkylation sites (tertiary alicyclic amines) is 1. The molecule has 3 fully saturated rings. The predicted octanol–water partition coefficient (Wildman–Crippen LogP) is 5.78. The van der Waals surface area contributed by atoms with Crippen molar-refractivity contribution in [1.82, 2.24) is 20.2 Å². The first-order chi connectivity index (χ1) is 17.8. The van der Waals surface area contributed by atoms with Gasteiger partial charge in [0.25, 0.3) is 0 Å². The van der Waals surface area contributed by atoms with Gasteiger partial charge in [0.2, 0.25) is 0 Å². The first kappa shape index (κ1) is 23.6. The molecule has 0 bridgehead atoms. The van der Waals surface area contributed by atoms with E-state index >= 15 is 0 Å². The van der Waals surface area contributed by atoms with Crippen LogP contribution >= 0.6 is 0 Å². The summed E-state index contributed by atoms with van der Waals surface area (Å²) < 4.78 is 6.24. The zero-order valence-corrected chi connectivity index (χ0v) is 21.2. The van der Waals surface area contributed by atoms with Crippen LogP contribution in [0.2, 0.25) is 0 Å². The Morgan fingerprint density at radius 1 is 0.861 bits per heavy atom. The molecule has 5 heteroatoms. The molecule has 5 nitrogen and oxygen atoms in total. The van der Waals surface area contributed by atoms with E-state index in [1.54, 1.807) is 0 Å². The van der Waals surface area contributed by atoms with Crippen molar-refractivity contribution in [3.63, 3.8) is 0 Å². The van der Waals surface area contributed by atoms with Crippen LogP contribution in [0.25, 0.3) is 11.3 Å². The van der Waals surface area contributed by atoms with Gasteiger partial charge in [0.15, 0.2) is 0 Å². The van der Waals surface area contributed by atoms with E-state index < -0.39 is 0 Å². The Morgan fingerprint density at radius 2 is 1.61 bits per heavy atom. The van der Waals surface area contributed by atoms with Crippen LogP contribution in [0.1, 0.15) is 67.2 Å². The maximum absolute atomic E-state index is 6.24. The lowest BCUT2D eigenvalue weighted by Crippen LogP contribution is -2.28. The summed E-state index contributed by atoms with van der Waals surface area (Å²) in [7, 11) is 0. The van der Waals surface area contributed by atoms with Crippen LogP contribution in [0.4, 0.5) is 0 Å². The van der Waals surface area contributed by atoms with Crippen molar-refractivity contribution in [3.8, 4) is 17.3 Å². The Labute approximate surface area is 215 Å². The van der Waals surface area contributed by atoms with Crippen LogP contribution in [-0.2, 0) is 6.54 Å². The SMILES string of the molecule is c1ccc(-c2cc(C3CCNCC3)nc(OCC3CC(c4ccc(CN5CCCC5)cc4)C3)n2)cc1. The lowest BCUT2D eigenvalue weighted by Gasteiger charge is -2.35. The van der Waals surface area contributed by atoms with Crippen LogP contribution in [-0.4, -0.2) is 47.7 Å². The first-order valence-electron chi connectivity index (χ1n) is 13.9. The van der Waals surface area contributed by atoms with E-state index in [-0.39, 0.29) is 0 Å². The summed E-state index contributed by atoms with van der Waals surface area (Å²) in [5.74, 6) is 1.70. The van der Waals surface area contributed by atoms with Crippen LogP contribution in [0.15, 0.2) is 60.7 Å². The quantitative estimate of drug-likeness (QED) is 0.441. The van der Waals surface area contributed by atoms with Gasteiger partial charge >= 0.3 is 6.01 Å². The molecule has 3 aliphatic rings. The molecule has 1 saturated carbocycles. The highest BCUT2D eigenvalue weighted by Gasteiger charge is 2.31. The standard InChI is InChI=1S/C31H38N4O/c1-2-6-26(7-3-1)29-20-30(27-12-14-32-15-13-27)34-31(33-29)36-22-24-18-28(19-24)25-10-8-23(9-11-25)21-35-16-4-5-17-35/h1-3,6-11,20,24,27-28,32H,4-5,12-19,21-22H2. The number of benzene rings is 2. The molecule has 0 unspecified atom stereocenters. The van der Waals surface area contributed by atoms with Gasteiger partial charge < -0.3 is 10.1 Å².